The standard InChI is InChI=1S/C24H25N3O2S/c28-22(25-20-11-5-7-15-6-1-2-8-17(15)20)19-12-16-13-30-14-27(16)24(19)18-9-3-4-10-21(18)26-23(24)29/h3-5,7,9-11,16,19H,1-2,6,8,12-14H2,(H,25,28)(H,26,29)/t16-,19-,24-/m0/s1. The van der Waals surface area contributed by atoms with E-state index >= 15 is 0 Å². The molecule has 0 radical (unpaired) electrons. The molecule has 2 aromatic carbocycles. The highest BCUT2D eigenvalue weighted by Gasteiger charge is 2.65. The molecule has 5 nitrogen and oxygen atoms in total. The second-order valence-electron chi connectivity index (χ2n) is 8.82. The van der Waals surface area contributed by atoms with Gasteiger partial charge in [0.15, 0.2) is 0 Å². The Morgan fingerprint density at radius 1 is 1.13 bits per heavy atom. The van der Waals surface area contributed by atoms with Crippen molar-refractivity contribution in [1.29, 1.82) is 0 Å². The number of thioether (sulfide) groups is 1. The topological polar surface area (TPSA) is 61.4 Å². The highest BCUT2D eigenvalue weighted by molar-refractivity contribution is 7.99. The van der Waals surface area contributed by atoms with Crippen LogP contribution < -0.4 is 10.6 Å². The summed E-state index contributed by atoms with van der Waals surface area (Å²) in [7, 11) is 0. The number of nitrogens with one attached hydrogen (secondary N) is 2. The largest absolute Gasteiger partial charge is 0.326 e. The average molecular weight is 420 g/mol. The molecule has 2 aromatic rings. The molecule has 0 bridgehead atoms. The van der Waals surface area contributed by atoms with Gasteiger partial charge in [0.25, 0.3) is 0 Å². The van der Waals surface area contributed by atoms with Crippen LogP contribution in [-0.2, 0) is 28.0 Å². The van der Waals surface area contributed by atoms with Crippen LogP contribution >= 0.6 is 11.8 Å². The average Bonchev–Trinajstić information content (AvgIpc) is 3.43. The van der Waals surface area contributed by atoms with Crippen molar-refractivity contribution in [3.8, 4) is 0 Å². The molecule has 0 saturated carbocycles. The Labute approximate surface area is 180 Å². The number of carbonyl (C=O) groups is 2. The molecule has 6 rings (SSSR count). The predicted molar refractivity (Wildman–Crippen MR) is 120 cm³/mol. The van der Waals surface area contributed by atoms with Crippen LogP contribution in [0.25, 0.3) is 0 Å². The lowest BCUT2D eigenvalue weighted by Gasteiger charge is -2.36. The van der Waals surface area contributed by atoms with E-state index in [9.17, 15) is 9.59 Å². The van der Waals surface area contributed by atoms with E-state index in [1.165, 1.54) is 17.5 Å². The zero-order valence-corrected chi connectivity index (χ0v) is 17.6. The second-order valence-corrected chi connectivity index (χ2v) is 9.82. The SMILES string of the molecule is O=C(Nc1cccc2c1CCCC2)[C@@H]1C[C@H]2CSCN2[C@]12C(=O)Nc1ccccc12. The van der Waals surface area contributed by atoms with Crippen LogP contribution in [-0.4, -0.2) is 34.4 Å². The number of benzene rings is 2. The van der Waals surface area contributed by atoms with E-state index < -0.39 is 11.5 Å². The summed E-state index contributed by atoms with van der Waals surface area (Å²) in [5.74, 6) is 1.29. The molecule has 1 aliphatic carbocycles. The molecule has 0 unspecified atom stereocenters. The predicted octanol–water partition coefficient (Wildman–Crippen LogP) is 3.75. The quantitative estimate of drug-likeness (QED) is 0.778. The number of para-hydroxylation sites is 1. The number of amides is 2. The van der Waals surface area contributed by atoms with Gasteiger partial charge in [0.05, 0.1) is 5.92 Å². The molecule has 30 heavy (non-hydrogen) atoms. The van der Waals surface area contributed by atoms with E-state index in [0.29, 0.717) is 0 Å². The third-order valence-electron chi connectivity index (χ3n) is 7.35. The van der Waals surface area contributed by atoms with Gasteiger partial charge in [0.2, 0.25) is 11.8 Å². The van der Waals surface area contributed by atoms with Gasteiger partial charge in [-0.25, -0.2) is 0 Å². The molecule has 3 aliphatic heterocycles. The van der Waals surface area contributed by atoms with Gasteiger partial charge in [-0.3, -0.25) is 14.5 Å². The second kappa shape index (κ2) is 6.86. The van der Waals surface area contributed by atoms with Gasteiger partial charge in [0, 0.05) is 34.6 Å². The van der Waals surface area contributed by atoms with Crippen LogP contribution in [0.1, 0.15) is 36.0 Å². The van der Waals surface area contributed by atoms with Crippen LogP contribution in [0.15, 0.2) is 42.5 Å². The van der Waals surface area contributed by atoms with Crippen LogP contribution in [0.5, 0.6) is 0 Å². The lowest BCUT2D eigenvalue weighted by Crippen LogP contribution is -2.53. The van der Waals surface area contributed by atoms with Gasteiger partial charge in [-0.05, 0) is 55.4 Å². The zero-order chi connectivity index (χ0) is 20.3. The Bertz CT molecular complexity index is 1050. The molecule has 2 fully saturated rings. The summed E-state index contributed by atoms with van der Waals surface area (Å²) in [6.07, 6.45) is 5.18. The fraction of sp³-hybridized carbons (Fsp3) is 0.417. The fourth-order valence-corrected chi connectivity index (χ4v) is 7.33. The maximum atomic E-state index is 13.7. The summed E-state index contributed by atoms with van der Waals surface area (Å²) in [6, 6.07) is 14.4. The van der Waals surface area contributed by atoms with E-state index in [0.717, 1.165) is 54.3 Å². The van der Waals surface area contributed by atoms with Crippen LogP contribution in [0.2, 0.25) is 0 Å². The number of anilines is 2. The Hall–Kier alpha value is -2.31. The molecule has 1 spiro atoms. The number of hydrogen-bond donors (Lipinski definition) is 2. The summed E-state index contributed by atoms with van der Waals surface area (Å²) in [6.45, 7) is 0. The smallest absolute Gasteiger partial charge is 0.250 e. The Morgan fingerprint density at radius 2 is 2.00 bits per heavy atom. The molecule has 3 atom stereocenters. The van der Waals surface area contributed by atoms with Crippen molar-refractivity contribution in [3.05, 3.63) is 59.2 Å². The van der Waals surface area contributed by atoms with Crippen molar-refractivity contribution in [2.45, 2.75) is 43.7 Å². The van der Waals surface area contributed by atoms with Crippen molar-refractivity contribution in [3.63, 3.8) is 0 Å². The lowest BCUT2D eigenvalue weighted by molar-refractivity contribution is -0.134. The molecule has 2 saturated heterocycles. The number of hydrogen-bond acceptors (Lipinski definition) is 4. The fourth-order valence-electron chi connectivity index (χ4n) is 6.02. The molecule has 6 heteroatoms. The van der Waals surface area contributed by atoms with Crippen molar-refractivity contribution < 1.29 is 9.59 Å². The molecular formula is C24H25N3O2S. The van der Waals surface area contributed by atoms with Gasteiger partial charge in [0.1, 0.15) is 5.54 Å². The minimum absolute atomic E-state index is 0.0276. The molecule has 2 amide bonds. The normalized spacial score (nSPS) is 29.4. The number of nitrogens with zero attached hydrogens (tertiary/aromatic N) is 1. The number of fused-ring (bicyclic) bond motifs is 5. The summed E-state index contributed by atoms with van der Waals surface area (Å²) >= 11 is 1.85. The minimum Gasteiger partial charge on any atom is -0.326 e. The molecule has 2 N–H and O–H groups in total. The van der Waals surface area contributed by atoms with Crippen molar-refractivity contribution in [2.75, 3.05) is 22.3 Å². The monoisotopic (exact) mass is 419 g/mol. The first-order chi connectivity index (χ1) is 14.7. The van der Waals surface area contributed by atoms with Gasteiger partial charge in [-0.2, -0.15) is 0 Å². The minimum atomic E-state index is -0.899. The molecule has 4 aliphatic rings. The Kier molecular flexibility index (Phi) is 4.22. The lowest BCUT2D eigenvalue weighted by atomic mass is 9.78. The van der Waals surface area contributed by atoms with E-state index in [1.54, 1.807) is 0 Å². The van der Waals surface area contributed by atoms with Gasteiger partial charge in [-0.15, -0.1) is 11.8 Å². The van der Waals surface area contributed by atoms with E-state index in [4.69, 9.17) is 0 Å². The zero-order valence-electron chi connectivity index (χ0n) is 16.8. The van der Waals surface area contributed by atoms with Gasteiger partial charge >= 0.3 is 0 Å². The molecular weight excluding hydrogens is 394 g/mol. The summed E-state index contributed by atoms with van der Waals surface area (Å²) in [5, 5.41) is 6.32. The highest BCUT2D eigenvalue weighted by Crippen LogP contribution is 2.55. The number of carbonyl (C=O) groups excluding carboxylic acids is 2. The Morgan fingerprint density at radius 3 is 2.93 bits per heavy atom. The van der Waals surface area contributed by atoms with Gasteiger partial charge in [-0.1, -0.05) is 30.3 Å². The third-order valence-corrected chi connectivity index (χ3v) is 8.43. The summed E-state index contributed by atoms with van der Waals surface area (Å²) in [5.41, 5.74) is 4.45. The maximum absolute atomic E-state index is 13.7. The maximum Gasteiger partial charge on any atom is 0.250 e. The van der Waals surface area contributed by atoms with Crippen molar-refractivity contribution in [1.82, 2.24) is 4.90 Å². The third kappa shape index (κ3) is 2.47. The first kappa shape index (κ1) is 18.5. The van der Waals surface area contributed by atoms with Crippen LogP contribution in [0.3, 0.4) is 0 Å². The number of rotatable bonds is 2. The van der Waals surface area contributed by atoms with E-state index in [-0.39, 0.29) is 17.9 Å². The van der Waals surface area contributed by atoms with Crippen molar-refractivity contribution in [2.24, 2.45) is 5.92 Å². The number of aryl methyl sites for hydroxylation is 1. The van der Waals surface area contributed by atoms with Gasteiger partial charge < -0.3 is 10.6 Å². The molecule has 3 heterocycles. The summed E-state index contributed by atoms with van der Waals surface area (Å²) in [4.78, 5) is 29.5. The molecule has 0 aromatic heterocycles. The van der Waals surface area contributed by atoms with Crippen molar-refractivity contribution >= 4 is 35.0 Å². The van der Waals surface area contributed by atoms with Crippen LogP contribution in [0, 0.1) is 5.92 Å². The first-order valence-corrected chi connectivity index (χ1v) is 12.0. The van der Waals surface area contributed by atoms with E-state index in [1.807, 2.05) is 48.2 Å². The first-order valence-electron chi connectivity index (χ1n) is 10.9. The highest BCUT2D eigenvalue weighted by atomic mass is 32.2. The Balaban J connectivity index is 1.41. The van der Waals surface area contributed by atoms with E-state index in [2.05, 4.69) is 21.6 Å². The summed E-state index contributed by atoms with van der Waals surface area (Å²) < 4.78 is 0. The molecule has 154 valence electrons. The van der Waals surface area contributed by atoms with Crippen LogP contribution in [0.4, 0.5) is 11.4 Å².